The second kappa shape index (κ2) is 7.90. The molecule has 8 heteroatoms. The smallest absolute Gasteiger partial charge is 0.345 e. The van der Waals surface area contributed by atoms with Crippen molar-refractivity contribution in [3.63, 3.8) is 0 Å². The Labute approximate surface area is 142 Å². The normalized spacial score (nSPS) is 9.20. The van der Waals surface area contributed by atoms with Gasteiger partial charge in [-0.25, -0.2) is 4.79 Å². The van der Waals surface area contributed by atoms with Gasteiger partial charge in [-0.15, -0.1) is 0 Å². The van der Waals surface area contributed by atoms with Gasteiger partial charge < -0.3 is 10.1 Å². The summed E-state index contributed by atoms with van der Waals surface area (Å²) in [4.78, 5) is 22.3. The number of esters is 1. The fourth-order valence-corrected chi connectivity index (χ4v) is 1.82. The third kappa shape index (κ3) is 4.41. The average Bonchev–Trinajstić information content (AvgIpc) is 2.63. The quantitative estimate of drug-likeness (QED) is 0.292. The van der Waals surface area contributed by atoms with Gasteiger partial charge in [-0.1, -0.05) is 12.1 Å². The van der Waals surface area contributed by atoms with Crippen LogP contribution in [0.1, 0.15) is 10.4 Å². The first-order chi connectivity index (χ1) is 12.0. The van der Waals surface area contributed by atoms with Crippen molar-refractivity contribution in [1.82, 2.24) is 0 Å². The largest absolute Gasteiger partial charge is 0.423 e. The number of allylic oxidation sites excluding steroid dienone is 1. The number of nitriles is 2. The number of carbonyl (C=O) groups is 1. The lowest BCUT2D eigenvalue weighted by Gasteiger charge is -2.09. The van der Waals surface area contributed by atoms with Crippen LogP contribution in [0, 0.1) is 32.8 Å². The molecule has 8 nitrogen and oxygen atoms in total. The maximum absolute atomic E-state index is 12.3. The molecule has 0 amide bonds. The summed E-state index contributed by atoms with van der Waals surface area (Å²) in [7, 11) is 0. The van der Waals surface area contributed by atoms with Gasteiger partial charge in [0, 0.05) is 18.3 Å². The Bertz CT molecular complexity index is 905. The first-order valence-electron chi connectivity index (χ1n) is 6.87. The SMILES string of the molecule is N#CC(C#N)=CNc1ccccc1C(=O)Oc1ccc([N+](=O)[O-])cc1. The van der Waals surface area contributed by atoms with Crippen molar-refractivity contribution in [3.8, 4) is 17.9 Å². The van der Waals surface area contributed by atoms with Crippen LogP contribution >= 0.6 is 0 Å². The molecule has 0 aromatic heterocycles. The van der Waals surface area contributed by atoms with E-state index in [-0.39, 0.29) is 22.6 Å². The summed E-state index contributed by atoms with van der Waals surface area (Å²) in [5, 5.41) is 30.8. The monoisotopic (exact) mass is 334 g/mol. The van der Waals surface area contributed by atoms with Gasteiger partial charge in [-0.05, 0) is 24.3 Å². The minimum atomic E-state index is -0.694. The van der Waals surface area contributed by atoms with Crippen molar-refractivity contribution in [1.29, 1.82) is 10.5 Å². The minimum Gasteiger partial charge on any atom is -0.423 e. The highest BCUT2D eigenvalue weighted by Crippen LogP contribution is 2.21. The molecule has 0 spiro atoms. The first-order valence-corrected chi connectivity index (χ1v) is 6.87. The van der Waals surface area contributed by atoms with E-state index in [4.69, 9.17) is 15.3 Å². The molecule has 0 aliphatic heterocycles. The highest BCUT2D eigenvalue weighted by molar-refractivity contribution is 5.97. The Morgan fingerprint density at radius 1 is 1.12 bits per heavy atom. The van der Waals surface area contributed by atoms with Crippen LogP contribution in [0.4, 0.5) is 11.4 Å². The summed E-state index contributed by atoms with van der Waals surface area (Å²) in [6.45, 7) is 0. The number of anilines is 1. The van der Waals surface area contributed by atoms with Gasteiger partial charge >= 0.3 is 5.97 Å². The Morgan fingerprint density at radius 3 is 2.36 bits per heavy atom. The van der Waals surface area contributed by atoms with Crippen LogP contribution in [0.15, 0.2) is 60.3 Å². The van der Waals surface area contributed by atoms with E-state index < -0.39 is 10.9 Å². The van der Waals surface area contributed by atoms with Gasteiger partial charge in [-0.3, -0.25) is 10.1 Å². The van der Waals surface area contributed by atoms with Crippen molar-refractivity contribution >= 4 is 17.3 Å². The van der Waals surface area contributed by atoms with Crippen molar-refractivity contribution in [2.24, 2.45) is 0 Å². The molecule has 0 saturated heterocycles. The van der Waals surface area contributed by atoms with Gasteiger partial charge in [-0.2, -0.15) is 10.5 Å². The van der Waals surface area contributed by atoms with Gasteiger partial charge in [0.1, 0.15) is 23.5 Å². The molecule has 0 heterocycles. The number of ether oxygens (including phenoxy) is 1. The maximum Gasteiger partial charge on any atom is 0.345 e. The minimum absolute atomic E-state index is 0.118. The van der Waals surface area contributed by atoms with Crippen molar-refractivity contribution in [2.45, 2.75) is 0 Å². The number of hydrogen-bond donors (Lipinski definition) is 1. The zero-order chi connectivity index (χ0) is 18.2. The molecular weight excluding hydrogens is 324 g/mol. The van der Waals surface area contributed by atoms with Gasteiger partial charge in [0.15, 0.2) is 0 Å². The third-order valence-corrected chi connectivity index (χ3v) is 3.02. The standard InChI is InChI=1S/C17H10N4O4/c18-9-12(10-19)11-20-16-4-2-1-3-15(16)17(22)25-14-7-5-13(6-8-14)21(23)24/h1-8,11,20H. The zero-order valence-corrected chi connectivity index (χ0v) is 12.7. The molecule has 0 saturated carbocycles. The van der Waals surface area contributed by atoms with E-state index in [0.717, 1.165) is 0 Å². The lowest BCUT2D eigenvalue weighted by atomic mass is 10.2. The summed E-state index contributed by atoms with van der Waals surface area (Å²) in [5.41, 5.74) is 0.246. The summed E-state index contributed by atoms with van der Waals surface area (Å²) < 4.78 is 5.18. The molecule has 2 aromatic carbocycles. The van der Waals surface area contributed by atoms with Crippen molar-refractivity contribution in [2.75, 3.05) is 5.32 Å². The number of nitro groups is 1. The molecule has 0 bridgehead atoms. The summed E-state index contributed by atoms with van der Waals surface area (Å²) in [6.07, 6.45) is 1.18. The number of hydrogen-bond acceptors (Lipinski definition) is 7. The van der Waals surface area contributed by atoms with E-state index in [1.165, 1.54) is 36.5 Å². The lowest BCUT2D eigenvalue weighted by Crippen LogP contribution is -2.11. The molecule has 25 heavy (non-hydrogen) atoms. The molecule has 0 unspecified atom stereocenters. The molecule has 0 aliphatic rings. The number of nitro benzene ring substituents is 1. The predicted molar refractivity (Wildman–Crippen MR) is 87.4 cm³/mol. The van der Waals surface area contributed by atoms with Gasteiger partial charge in [0.25, 0.3) is 5.69 Å². The van der Waals surface area contributed by atoms with E-state index in [2.05, 4.69) is 5.32 Å². The van der Waals surface area contributed by atoms with E-state index >= 15 is 0 Å². The van der Waals surface area contributed by atoms with E-state index in [1.807, 2.05) is 0 Å². The molecule has 0 aliphatic carbocycles. The molecule has 2 rings (SSSR count). The van der Waals surface area contributed by atoms with Crippen molar-refractivity contribution < 1.29 is 14.5 Å². The van der Waals surface area contributed by atoms with Crippen LogP contribution in [0.5, 0.6) is 5.75 Å². The Kier molecular flexibility index (Phi) is 5.43. The zero-order valence-electron chi connectivity index (χ0n) is 12.7. The maximum atomic E-state index is 12.3. The number of nitrogens with one attached hydrogen (secondary N) is 1. The van der Waals surface area contributed by atoms with Crippen molar-refractivity contribution in [3.05, 3.63) is 76.0 Å². The van der Waals surface area contributed by atoms with E-state index in [0.29, 0.717) is 5.69 Å². The predicted octanol–water partition coefficient (Wildman–Crippen LogP) is 3.16. The fourth-order valence-electron chi connectivity index (χ4n) is 1.82. The van der Waals surface area contributed by atoms with E-state index in [1.54, 1.807) is 30.3 Å². The Hall–Kier alpha value is -4.17. The van der Waals surface area contributed by atoms with Crippen LogP contribution < -0.4 is 10.1 Å². The topological polar surface area (TPSA) is 129 Å². The Balaban J connectivity index is 2.20. The number of para-hydroxylation sites is 1. The molecule has 0 atom stereocenters. The number of carbonyl (C=O) groups excluding carboxylic acids is 1. The number of benzene rings is 2. The van der Waals surface area contributed by atoms with Gasteiger partial charge in [0.05, 0.1) is 16.2 Å². The molecule has 1 N–H and O–H groups in total. The second-order valence-corrected chi connectivity index (χ2v) is 4.61. The summed E-state index contributed by atoms with van der Waals surface area (Å²) >= 11 is 0. The van der Waals surface area contributed by atoms with Crippen LogP contribution in [0.3, 0.4) is 0 Å². The van der Waals surface area contributed by atoms with Crippen LogP contribution in [-0.2, 0) is 0 Å². The molecule has 122 valence electrons. The number of non-ortho nitro benzene ring substituents is 1. The molecule has 0 fully saturated rings. The van der Waals surface area contributed by atoms with Gasteiger partial charge in [0.2, 0.25) is 0 Å². The summed E-state index contributed by atoms with van der Waals surface area (Å²) in [5.74, 6) is -0.545. The highest BCUT2D eigenvalue weighted by Gasteiger charge is 2.14. The average molecular weight is 334 g/mol. The number of rotatable bonds is 5. The summed E-state index contributed by atoms with van der Waals surface area (Å²) in [6, 6.07) is 14.8. The van der Waals surface area contributed by atoms with E-state index in [9.17, 15) is 14.9 Å². The number of nitrogens with zero attached hydrogens (tertiary/aromatic N) is 3. The fraction of sp³-hybridized carbons (Fsp3) is 0. The highest BCUT2D eigenvalue weighted by atomic mass is 16.6. The lowest BCUT2D eigenvalue weighted by molar-refractivity contribution is -0.384. The molecule has 2 aromatic rings. The second-order valence-electron chi connectivity index (χ2n) is 4.61. The Morgan fingerprint density at radius 2 is 1.76 bits per heavy atom. The molecule has 0 radical (unpaired) electrons. The first kappa shape index (κ1) is 17.2. The molecular formula is C17H10N4O4. The van der Waals surface area contributed by atoms with Crippen LogP contribution in [0.25, 0.3) is 0 Å². The third-order valence-electron chi connectivity index (χ3n) is 3.02. The van der Waals surface area contributed by atoms with Crippen LogP contribution in [0.2, 0.25) is 0 Å². The van der Waals surface area contributed by atoms with Crippen LogP contribution in [-0.4, -0.2) is 10.9 Å².